The molecule has 4 rings (SSSR count). The van der Waals surface area contributed by atoms with Gasteiger partial charge < -0.3 is 10.6 Å². The lowest BCUT2D eigenvalue weighted by Crippen LogP contribution is -2.32. The van der Waals surface area contributed by atoms with Crippen LogP contribution in [0.3, 0.4) is 0 Å². The van der Waals surface area contributed by atoms with E-state index in [1.807, 2.05) is 62.4 Å². The number of halogens is 2. The van der Waals surface area contributed by atoms with Gasteiger partial charge in [0.05, 0.1) is 12.2 Å². The predicted octanol–water partition coefficient (Wildman–Crippen LogP) is 4.79. The molecule has 0 bridgehead atoms. The highest BCUT2D eigenvalue weighted by atomic mass is 19.3. The van der Waals surface area contributed by atoms with Gasteiger partial charge >= 0.3 is 0 Å². The molecule has 2 N–H and O–H groups in total. The summed E-state index contributed by atoms with van der Waals surface area (Å²) in [4.78, 5) is 12.8. The van der Waals surface area contributed by atoms with Crippen molar-refractivity contribution in [3.8, 4) is 0 Å². The van der Waals surface area contributed by atoms with E-state index in [0.717, 1.165) is 22.3 Å². The van der Waals surface area contributed by atoms with Gasteiger partial charge in [-0.3, -0.25) is 4.79 Å². The molecule has 1 aliphatic heterocycles. The summed E-state index contributed by atoms with van der Waals surface area (Å²) in [5, 5.41) is 10.2. The SMILES string of the molecule is Cc1ccc(CNC(=O)c2cnn3c2N[C@H](c2ccc(C)cc2)C[C@H]3C(F)F)cc1. The number of hydrogen-bond donors (Lipinski definition) is 2. The average Bonchev–Trinajstić information content (AvgIpc) is 3.17. The molecular weight excluding hydrogens is 386 g/mol. The molecule has 1 aliphatic rings. The van der Waals surface area contributed by atoms with E-state index in [1.54, 1.807) is 0 Å². The quantitative estimate of drug-likeness (QED) is 0.636. The fraction of sp³-hybridized carbons (Fsp3) is 0.304. The zero-order chi connectivity index (χ0) is 21.3. The Labute approximate surface area is 174 Å². The Morgan fingerprint density at radius 1 is 1.13 bits per heavy atom. The first-order valence-electron chi connectivity index (χ1n) is 9.95. The second-order valence-corrected chi connectivity index (χ2v) is 7.76. The number of nitrogens with zero attached hydrogens (tertiary/aromatic N) is 2. The molecule has 0 spiro atoms. The molecule has 2 aromatic carbocycles. The Hall–Kier alpha value is -3.22. The molecule has 0 unspecified atom stereocenters. The lowest BCUT2D eigenvalue weighted by molar-refractivity contribution is 0.0656. The van der Waals surface area contributed by atoms with Crippen LogP contribution in [0, 0.1) is 13.8 Å². The minimum Gasteiger partial charge on any atom is -0.363 e. The first kappa shape index (κ1) is 20.1. The molecule has 5 nitrogen and oxygen atoms in total. The molecule has 0 saturated heterocycles. The molecule has 1 aromatic heterocycles. The van der Waals surface area contributed by atoms with Crippen molar-refractivity contribution in [1.82, 2.24) is 15.1 Å². The normalized spacial score (nSPS) is 18.0. The fourth-order valence-corrected chi connectivity index (χ4v) is 3.70. The highest BCUT2D eigenvalue weighted by Crippen LogP contribution is 2.39. The molecule has 1 amide bonds. The third-order valence-corrected chi connectivity index (χ3v) is 5.49. The Kier molecular flexibility index (Phi) is 5.53. The molecule has 156 valence electrons. The number of alkyl halides is 2. The fourth-order valence-electron chi connectivity index (χ4n) is 3.70. The van der Waals surface area contributed by atoms with Gasteiger partial charge in [0.15, 0.2) is 0 Å². The molecule has 2 atom stereocenters. The number of rotatable bonds is 5. The van der Waals surface area contributed by atoms with Crippen LogP contribution in [-0.2, 0) is 6.54 Å². The summed E-state index contributed by atoms with van der Waals surface area (Å²) in [6, 6.07) is 14.2. The van der Waals surface area contributed by atoms with Gasteiger partial charge in [0.25, 0.3) is 12.3 Å². The van der Waals surface area contributed by atoms with Crippen molar-refractivity contribution >= 4 is 11.7 Å². The molecule has 0 saturated carbocycles. The van der Waals surface area contributed by atoms with Gasteiger partial charge in [0.2, 0.25) is 0 Å². The zero-order valence-electron chi connectivity index (χ0n) is 16.9. The summed E-state index contributed by atoms with van der Waals surface area (Å²) in [6.07, 6.45) is -1.03. The average molecular weight is 410 g/mol. The number of anilines is 1. The molecule has 30 heavy (non-hydrogen) atoms. The maximum absolute atomic E-state index is 13.8. The van der Waals surface area contributed by atoms with Crippen LogP contribution in [0.15, 0.2) is 54.7 Å². The second-order valence-electron chi connectivity index (χ2n) is 7.76. The van der Waals surface area contributed by atoms with E-state index in [0.29, 0.717) is 12.4 Å². The van der Waals surface area contributed by atoms with Crippen LogP contribution in [0.25, 0.3) is 0 Å². The van der Waals surface area contributed by atoms with Crippen molar-refractivity contribution in [2.75, 3.05) is 5.32 Å². The lowest BCUT2D eigenvalue weighted by Gasteiger charge is -2.32. The second kappa shape index (κ2) is 8.26. The lowest BCUT2D eigenvalue weighted by atomic mass is 9.96. The van der Waals surface area contributed by atoms with Crippen molar-refractivity contribution in [1.29, 1.82) is 0 Å². The Morgan fingerprint density at radius 2 is 1.77 bits per heavy atom. The number of nitrogens with one attached hydrogen (secondary N) is 2. The highest BCUT2D eigenvalue weighted by molar-refractivity contribution is 5.98. The molecular formula is C23H24F2N4O. The van der Waals surface area contributed by atoms with Gasteiger partial charge in [-0.1, -0.05) is 59.7 Å². The zero-order valence-corrected chi connectivity index (χ0v) is 16.9. The number of benzene rings is 2. The van der Waals surface area contributed by atoms with Crippen LogP contribution >= 0.6 is 0 Å². The summed E-state index contributed by atoms with van der Waals surface area (Å²) in [6.45, 7) is 4.33. The number of amides is 1. The van der Waals surface area contributed by atoms with Crippen LogP contribution in [0.1, 0.15) is 51.1 Å². The monoisotopic (exact) mass is 410 g/mol. The minimum atomic E-state index is -2.58. The topological polar surface area (TPSA) is 59.0 Å². The van der Waals surface area contributed by atoms with Crippen molar-refractivity contribution < 1.29 is 13.6 Å². The first-order chi connectivity index (χ1) is 14.4. The maximum Gasteiger partial charge on any atom is 0.260 e. The Balaban J connectivity index is 1.57. The summed E-state index contributed by atoms with van der Waals surface area (Å²) in [5.74, 6) is -0.0135. The molecule has 0 aliphatic carbocycles. The van der Waals surface area contributed by atoms with Gasteiger partial charge in [-0.15, -0.1) is 0 Å². The van der Waals surface area contributed by atoms with Crippen LogP contribution in [0.2, 0.25) is 0 Å². The molecule has 0 radical (unpaired) electrons. The van der Waals surface area contributed by atoms with Crippen LogP contribution < -0.4 is 10.6 Å². The Bertz CT molecular complexity index is 1030. The van der Waals surface area contributed by atoms with Crippen molar-refractivity contribution in [2.24, 2.45) is 0 Å². The van der Waals surface area contributed by atoms with Crippen LogP contribution in [0.4, 0.5) is 14.6 Å². The summed E-state index contributed by atoms with van der Waals surface area (Å²) in [5.41, 5.74) is 4.38. The van der Waals surface area contributed by atoms with Crippen LogP contribution in [-0.4, -0.2) is 22.1 Å². The smallest absolute Gasteiger partial charge is 0.260 e. The predicted molar refractivity (Wildman–Crippen MR) is 112 cm³/mol. The van der Waals surface area contributed by atoms with E-state index >= 15 is 0 Å². The standard InChI is InChI=1S/C23H24F2N4O/c1-14-3-7-16(8-4-14)12-26-23(30)18-13-27-29-20(21(24)25)11-19(28-22(18)29)17-9-5-15(2)6-10-17/h3-10,13,19-21,28H,11-12H2,1-2H3,(H,26,30)/t19-,20-/m0/s1. The number of hydrogen-bond acceptors (Lipinski definition) is 3. The molecule has 2 heterocycles. The van der Waals surface area contributed by atoms with Gasteiger partial charge in [0, 0.05) is 6.54 Å². The third kappa shape index (κ3) is 4.06. The maximum atomic E-state index is 13.8. The van der Waals surface area contributed by atoms with Gasteiger partial charge in [-0.2, -0.15) is 5.10 Å². The van der Waals surface area contributed by atoms with Gasteiger partial charge in [-0.25, -0.2) is 13.5 Å². The largest absolute Gasteiger partial charge is 0.363 e. The highest BCUT2D eigenvalue weighted by Gasteiger charge is 2.36. The van der Waals surface area contributed by atoms with Gasteiger partial charge in [0.1, 0.15) is 17.4 Å². The number of carbonyl (C=O) groups is 1. The Morgan fingerprint density at radius 3 is 2.40 bits per heavy atom. The van der Waals surface area contributed by atoms with Crippen molar-refractivity contribution in [3.63, 3.8) is 0 Å². The van der Waals surface area contributed by atoms with Gasteiger partial charge in [-0.05, 0) is 31.4 Å². The number of aryl methyl sites for hydroxylation is 2. The summed E-state index contributed by atoms with van der Waals surface area (Å²) in [7, 11) is 0. The van der Waals surface area contributed by atoms with Crippen LogP contribution in [0.5, 0.6) is 0 Å². The minimum absolute atomic E-state index is 0.194. The summed E-state index contributed by atoms with van der Waals surface area (Å²) < 4.78 is 28.8. The van der Waals surface area contributed by atoms with E-state index < -0.39 is 12.5 Å². The number of fused-ring (bicyclic) bond motifs is 1. The van der Waals surface area contributed by atoms with E-state index in [9.17, 15) is 13.6 Å². The number of carbonyl (C=O) groups excluding carboxylic acids is 1. The third-order valence-electron chi connectivity index (χ3n) is 5.49. The summed E-state index contributed by atoms with van der Waals surface area (Å²) >= 11 is 0. The molecule has 7 heteroatoms. The van der Waals surface area contributed by atoms with E-state index in [-0.39, 0.29) is 23.9 Å². The van der Waals surface area contributed by atoms with E-state index in [1.165, 1.54) is 10.9 Å². The molecule has 3 aromatic rings. The van der Waals surface area contributed by atoms with Crippen molar-refractivity contribution in [3.05, 3.63) is 82.5 Å². The van der Waals surface area contributed by atoms with Crippen molar-refractivity contribution in [2.45, 2.75) is 45.3 Å². The first-order valence-corrected chi connectivity index (χ1v) is 9.95. The molecule has 0 fully saturated rings. The van der Waals surface area contributed by atoms with E-state index in [4.69, 9.17) is 0 Å². The van der Waals surface area contributed by atoms with E-state index in [2.05, 4.69) is 15.7 Å². The number of aromatic nitrogens is 2.